The van der Waals surface area contributed by atoms with Crippen molar-refractivity contribution in [2.24, 2.45) is 4.99 Å². The molecule has 0 aliphatic carbocycles. The second-order valence-corrected chi connectivity index (χ2v) is 5.44. The van der Waals surface area contributed by atoms with Crippen molar-refractivity contribution in [2.75, 3.05) is 20.1 Å². The Kier molecular flexibility index (Phi) is 6.64. The third-order valence-electron chi connectivity index (χ3n) is 3.81. The van der Waals surface area contributed by atoms with Gasteiger partial charge in [0, 0.05) is 38.6 Å². The van der Waals surface area contributed by atoms with Gasteiger partial charge in [0.1, 0.15) is 0 Å². The van der Waals surface area contributed by atoms with E-state index in [0.29, 0.717) is 12.5 Å². The molecular formula is C17H24N4O. The largest absolute Gasteiger partial charge is 0.334 e. The van der Waals surface area contributed by atoms with E-state index < -0.39 is 0 Å². The Morgan fingerprint density at radius 3 is 2.95 bits per heavy atom. The van der Waals surface area contributed by atoms with Gasteiger partial charge in [-0.3, -0.25) is 14.7 Å². The van der Waals surface area contributed by atoms with Crippen LogP contribution in [0.2, 0.25) is 0 Å². The Balaban J connectivity index is 1.96. The highest BCUT2D eigenvalue weighted by molar-refractivity contribution is 5.57. The Hall–Kier alpha value is -2.14. The lowest BCUT2D eigenvalue weighted by Crippen LogP contribution is -2.45. The molecule has 5 nitrogen and oxygen atoms in total. The molecule has 1 amide bonds. The van der Waals surface area contributed by atoms with Crippen molar-refractivity contribution in [3.8, 4) is 0 Å². The van der Waals surface area contributed by atoms with Crippen LogP contribution in [0.25, 0.3) is 0 Å². The molecule has 1 aliphatic heterocycles. The smallest absolute Gasteiger partial charge is 0.211 e. The maximum atomic E-state index is 10.4. The number of amides is 1. The van der Waals surface area contributed by atoms with Crippen LogP contribution in [0.5, 0.6) is 0 Å². The maximum absolute atomic E-state index is 10.4. The number of nitrogens with one attached hydrogen (secondary N) is 1. The van der Waals surface area contributed by atoms with E-state index in [4.69, 9.17) is 0 Å². The molecule has 1 unspecified atom stereocenters. The lowest BCUT2D eigenvalue weighted by molar-refractivity contribution is -0.108. The molecule has 0 aromatic heterocycles. The molecule has 1 saturated heterocycles. The predicted octanol–water partition coefficient (Wildman–Crippen LogP) is 1.83. The number of carbonyl (C=O) groups is 1. The van der Waals surface area contributed by atoms with Crippen molar-refractivity contribution < 1.29 is 4.79 Å². The first kappa shape index (κ1) is 16.2. The maximum Gasteiger partial charge on any atom is 0.211 e. The van der Waals surface area contributed by atoms with Gasteiger partial charge in [0.25, 0.3) is 0 Å². The molecule has 22 heavy (non-hydrogen) atoms. The molecule has 1 aromatic rings. The van der Waals surface area contributed by atoms with E-state index in [1.807, 2.05) is 18.6 Å². The topological polar surface area (TPSA) is 47.9 Å². The molecule has 1 aliphatic rings. The summed E-state index contributed by atoms with van der Waals surface area (Å²) in [6, 6.07) is 10.9. The molecule has 5 heteroatoms. The van der Waals surface area contributed by atoms with Crippen LogP contribution in [0.3, 0.4) is 0 Å². The van der Waals surface area contributed by atoms with Crippen LogP contribution in [0.15, 0.2) is 47.7 Å². The van der Waals surface area contributed by atoms with Crippen molar-refractivity contribution in [1.82, 2.24) is 15.1 Å². The van der Waals surface area contributed by atoms with Crippen molar-refractivity contribution in [2.45, 2.75) is 25.4 Å². The third-order valence-corrected chi connectivity index (χ3v) is 3.81. The number of likely N-dealkylation sites (tertiary alicyclic amines) is 1. The van der Waals surface area contributed by atoms with Crippen molar-refractivity contribution in [3.63, 3.8) is 0 Å². The quantitative estimate of drug-likeness (QED) is 0.475. The van der Waals surface area contributed by atoms with Gasteiger partial charge in [0.15, 0.2) is 0 Å². The molecule has 0 saturated carbocycles. The van der Waals surface area contributed by atoms with Gasteiger partial charge < -0.3 is 10.2 Å². The molecule has 0 radical (unpaired) electrons. The summed E-state index contributed by atoms with van der Waals surface area (Å²) in [4.78, 5) is 19.0. The average Bonchev–Trinajstić information content (AvgIpc) is 2.55. The number of benzene rings is 1. The molecule has 1 fully saturated rings. The Morgan fingerprint density at radius 2 is 2.23 bits per heavy atom. The first-order valence-corrected chi connectivity index (χ1v) is 7.66. The minimum atomic E-state index is 0.380. The number of nitrogens with zero attached hydrogens (tertiary/aromatic N) is 3. The molecule has 0 bridgehead atoms. The van der Waals surface area contributed by atoms with Gasteiger partial charge in [-0.15, -0.1) is 0 Å². The number of rotatable bonds is 7. The van der Waals surface area contributed by atoms with Crippen LogP contribution in [-0.4, -0.2) is 48.7 Å². The van der Waals surface area contributed by atoms with Crippen molar-refractivity contribution in [3.05, 3.63) is 48.3 Å². The van der Waals surface area contributed by atoms with E-state index in [0.717, 1.165) is 26.1 Å². The molecule has 1 heterocycles. The second kappa shape index (κ2) is 9.00. The summed E-state index contributed by atoms with van der Waals surface area (Å²) in [5.41, 5.74) is 1.34. The SMILES string of the molecule is C/N=C\N(/C=C/NC=O)C1CCCN(Cc2ccccc2)C1. The minimum absolute atomic E-state index is 0.380. The third kappa shape index (κ3) is 5.00. The monoisotopic (exact) mass is 300 g/mol. The molecular weight excluding hydrogens is 276 g/mol. The zero-order valence-corrected chi connectivity index (χ0v) is 13.1. The first-order chi connectivity index (χ1) is 10.8. The van der Waals surface area contributed by atoms with Crippen LogP contribution >= 0.6 is 0 Å². The van der Waals surface area contributed by atoms with Crippen LogP contribution < -0.4 is 5.32 Å². The van der Waals surface area contributed by atoms with Gasteiger partial charge in [-0.25, -0.2) is 0 Å². The Morgan fingerprint density at radius 1 is 1.41 bits per heavy atom. The second-order valence-electron chi connectivity index (χ2n) is 5.44. The fourth-order valence-electron chi connectivity index (χ4n) is 2.82. The predicted molar refractivity (Wildman–Crippen MR) is 89.3 cm³/mol. The summed E-state index contributed by atoms with van der Waals surface area (Å²) < 4.78 is 0. The highest BCUT2D eigenvalue weighted by Gasteiger charge is 2.22. The van der Waals surface area contributed by atoms with Gasteiger partial charge in [0.05, 0.1) is 6.34 Å². The van der Waals surface area contributed by atoms with E-state index in [2.05, 4.69) is 44.4 Å². The van der Waals surface area contributed by atoms with E-state index >= 15 is 0 Å². The average molecular weight is 300 g/mol. The van der Waals surface area contributed by atoms with Crippen LogP contribution in [-0.2, 0) is 11.3 Å². The summed E-state index contributed by atoms with van der Waals surface area (Å²) in [6.45, 7) is 3.09. The van der Waals surface area contributed by atoms with Gasteiger partial charge in [-0.05, 0) is 24.9 Å². The van der Waals surface area contributed by atoms with Crippen molar-refractivity contribution in [1.29, 1.82) is 0 Å². The zero-order valence-electron chi connectivity index (χ0n) is 13.1. The number of piperidine rings is 1. The summed E-state index contributed by atoms with van der Waals surface area (Å²) >= 11 is 0. The molecule has 1 atom stereocenters. The normalized spacial score (nSPS) is 19.6. The first-order valence-electron chi connectivity index (χ1n) is 7.66. The molecule has 118 valence electrons. The standard InChI is InChI=1S/C17H24N4O/c1-18-14-21(11-9-19-15-22)17-8-5-10-20(13-17)12-16-6-3-2-4-7-16/h2-4,6-7,9,11,14-15,17H,5,8,10,12-13H2,1H3,(H,19,22)/b11-9+,18-14-. The molecule has 1 aromatic carbocycles. The molecule has 2 rings (SSSR count). The van der Waals surface area contributed by atoms with E-state index in [1.54, 1.807) is 13.2 Å². The number of hydrogen-bond donors (Lipinski definition) is 1. The molecule has 1 N–H and O–H groups in total. The Labute approximate surface area is 132 Å². The van der Waals surface area contributed by atoms with E-state index in [-0.39, 0.29) is 0 Å². The summed E-state index contributed by atoms with van der Waals surface area (Å²) in [5, 5.41) is 2.55. The van der Waals surface area contributed by atoms with Crippen LogP contribution in [0.1, 0.15) is 18.4 Å². The number of aliphatic imine (C=N–C) groups is 1. The zero-order chi connectivity index (χ0) is 15.6. The van der Waals surface area contributed by atoms with Gasteiger partial charge in [-0.2, -0.15) is 0 Å². The van der Waals surface area contributed by atoms with E-state index in [1.165, 1.54) is 12.0 Å². The summed E-state index contributed by atoms with van der Waals surface area (Å²) in [7, 11) is 1.76. The van der Waals surface area contributed by atoms with Crippen molar-refractivity contribution >= 4 is 12.7 Å². The summed E-state index contributed by atoms with van der Waals surface area (Å²) in [6.07, 6.45) is 8.30. The lowest BCUT2D eigenvalue weighted by atomic mass is 10.0. The highest BCUT2D eigenvalue weighted by Crippen LogP contribution is 2.17. The fraction of sp³-hybridized carbons (Fsp3) is 0.412. The van der Waals surface area contributed by atoms with Crippen LogP contribution in [0, 0.1) is 0 Å². The Bertz CT molecular complexity index is 501. The number of hydrogen-bond acceptors (Lipinski definition) is 3. The van der Waals surface area contributed by atoms with E-state index in [9.17, 15) is 4.79 Å². The highest BCUT2D eigenvalue weighted by atomic mass is 16.1. The lowest BCUT2D eigenvalue weighted by Gasteiger charge is -2.37. The fourth-order valence-corrected chi connectivity index (χ4v) is 2.82. The molecule has 0 spiro atoms. The van der Waals surface area contributed by atoms with Gasteiger partial charge in [0.2, 0.25) is 6.41 Å². The number of carbonyl (C=O) groups excluding carboxylic acids is 1. The van der Waals surface area contributed by atoms with Crippen LogP contribution in [0.4, 0.5) is 0 Å². The van der Waals surface area contributed by atoms with Gasteiger partial charge >= 0.3 is 0 Å². The summed E-state index contributed by atoms with van der Waals surface area (Å²) in [5.74, 6) is 0. The van der Waals surface area contributed by atoms with Gasteiger partial charge in [-0.1, -0.05) is 30.3 Å². The minimum Gasteiger partial charge on any atom is -0.334 e.